The van der Waals surface area contributed by atoms with E-state index in [1.165, 1.54) is 6.07 Å². The summed E-state index contributed by atoms with van der Waals surface area (Å²) in [6.45, 7) is 2.73. The number of benzene rings is 2. The summed E-state index contributed by atoms with van der Waals surface area (Å²) in [5.41, 5.74) is 1.51. The van der Waals surface area contributed by atoms with Crippen LogP contribution in [0, 0.1) is 5.82 Å². The summed E-state index contributed by atoms with van der Waals surface area (Å²) in [6, 6.07) is 14.1. The minimum Gasteiger partial charge on any atom is -0.306 e. The van der Waals surface area contributed by atoms with Crippen molar-refractivity contribution in [2.75, 3.05) is 6.54 Å². The van der Waals surface area contributed by atoms with Crippen LogP contribution in [0.2, 0.25) is 5.02 Å². The summed E-state index contributed by atoms with van der Waals surface area (Å²) in [4.78, 5) is 0. The van der Waals surface area contributed by atoms with E-state index in [1.807, 2.05) is 37.3 Å². The molecule has 1 atom stereocenters. The molecule has 0 fully saturated rings. The fourth-order valence-electron chi connectivity index (χ4n) is 2.01. The molecule has 0 bridgehead atoms. The molecule has 2 aromatic carbocycles. The topological polar surface area (TPSA) is 12.0 Å². The third kappa shape index (κ3) is 2.71. The molecule has 1 nitrogen and oxygen atoms in total. The van der Waals surface area contributed by atoms with Gasteiger partial charge in [-0.1, -0.05) is 54.9 Å². The molecule has 2 aromatic rings. The molecular formula is C15H15ClFN. The van der Waals surface area contributed by atoms with Crippen molar-refractivity contribution in [2.24, 2.45) is 0 Å². The predicted molar refractivity (Wildman–Crippen MR) is 73.4 cm³/mol. The molecule has 1 unspecified atom stereocenters. The molecule has 0 aromatic heterocycles. The van der Waals surface area contributed by atoms with E-state index in [2.05, 4.69) is 5.32 Å². The monoisotopic (exact) mass is 263 g/mol. The summed E-state index contributed by atoms with van der Waals surface area (Å²) < 4.78 is 13.9. The normalized spacial score (nSPS) is 12.4. The first-order valence-electron chi connectivity index (χ1n) is 5.96. The fraction of sp³-hybridized carbons (Fsp3) is 0.200. The molecule has 0 aliphatic rings. The Bertz CT molecular complexity index is 482. The van der Waals surface area contributed by atoms with Crippen molar-refractivity contribution in [3.05, 3.63) is 70.5 Å². The van der Waals surface area contributed by atoms with E-state index < -0.39 is 0 Å². The molecule has 0 radical (unpaired) electrons. The zero-order valence-corrected chi connectivity index (χ0v) is 10.9. The van der Waals surface area contributed by atoms with E-state index in [9.17, 15) is 4.39 Å². The average Bonchev–Trinajstić information content (AvgIpc) is 2.38. The van der Waals surface area contributed by atoms with Crippen LogP contribution in [0.3, 0.4) is 0 Å². The van der Waals surface area contributed by atoms with E-state index in [1.54, 1.807) is 12.1 Å². The van der Waals surface area contributed by atoms with Gasteiger partial charge in [-0.2, -0.15) is 0 Å². The lowest BCUT2D eigenvalue weighted by atomic mass is 9.98. The first kappa shape index (κ1) is 13.1. The quantitative estimate of drug-likeness (QED) is 0.873. The highest BCUT2D eigenvalue weighted by Crippen LogP contribution is 2.29. The molecule has 1 N–H and O–H groups in total. The van der Waals surface area contributed by atoms with Gasteiger partial charge in [0.25, 0.3) is 0 Å². The summed E-state index contributed by atoms with van der Waals surface area (Å²) in [7, 11) is 0. The Hall–Kier alpha value is -1.38. The summed E-state index contributed by atoms with van der Waals surface area (Å²) >= 11 is 6.19. The summed E-state index contributed by atoms with van der Waals surface area (Å²) in [5.74, 6) is -0.219. The van der Waals surface area contributed by atoms with Crippen molar-refractivity contribution in [3.8, 4) is 0 Å². The van der Waals surface area contributed by atoms with E-state index in [-0.39, 0.29) is 11.9 Å². The number of hydrogen-bond acceptors (Lipinski definition) is 1. The summed E-state index contributed by atoms with van der Waals surface area (Å²) in [5, 5.41) is 3.92. The number of nitrogens with one attached hydrogen (secondary N) is 1. The predicted octanol–water partition coefficient (Wildman–Crippen LogP) is 4.18. The standard InChI is InChI=1S/C15H15ClFN/c1-2-18-15(11-7-3-5-9-13(11)16)12-8-4-6-10-14(12)17/h3-10,15,18H,2H2,1H3. The van der Waals surface area contributed by atoms with E-state index in [4.69, 9.17) is 11.6 Å². The average molecular weight is 264 g/mol. The van der Waals surface area contributed by atoms with Gasteiger partial charge in [0.05, 0.1) is 6.04 Å². The molecule has 2 rings (SSSR count). The highest BCUT2D eigenvalue weighted by Gasteiger charge is 2.18. The Morgan fingerprint density at radius 2 is 1.67 bits per heavy atom. The first-order chi connectivity index (χ1) is 8.74. The lowest BCUT2D eigenvalue weighted by Gasteiger charge is -2.20. The van der Waals surface area contributed by atoms with Crippen molar-refractivity contribution in [2.45, 2.75) is 13.0 Å². The smallest absolute Gasteiger partial charge is 0.128 e. The van der Waals surface area contributed by atoms with Crippen LogP contribution >= 0.6 is 11.6 Å². The van der Waals surface area contributed by atoms with Crippen LogP contribution in [-0.2, 0) is 0 Å². The van der Waals surface area contributed by atoms with Gasteiger partial charge in [0, 0.05) is 10.6 Å². The Morgan fingerprint density at radius 1 is 1.06 bits per heavy atom. The lowest BCUT2D eigenvalue weighted by molar-refractivity contribution is 0.559. The molecule has 18 heavy (non-hydrogen) atoms. The van der Waals surface area contributed by atoms with Gasteiger partial charge in [0.2, 0.25) is 0 Å². The molecule has 0 saturated carbocycles. The Labute approximate surface area is 112 Å². The van der Waals surface area contributed by atoms with E-state index in [0.717, 1.165) is 12.1 Å². The van der Waals surface area contributed by atoms with Gasteiger partial charge < -0.3 is 5.32 Å². The van der Waals surface area contributed by atoms with Gasteiger partial charge >= 0.3 is 0 Å². The molecule has 94 valence electrons. The van der Waals surface area contributed by atoms with Gasteiger partial charge in [-0.3, -0.25) is 0 Å². The van der Waals surface area contributed by atoms with Crippen molar-refractivity contribution < 1.29 is 4.39 Å². The Morgan fingerprint density at radius 3 is 2.28 bits per heavy atom. The third-order valence-electron chi connectivity index (χ3n) is 2.84. The molecule has 3 heteroatoms. The maximum atomic E-state index is 13.9. The van der Waals surface area contributed by atoms with Crippen molar-refractivity contribution >= 4 is 11.6 Å². The molecule has 0 aliphatic heterocycles. The fourth-order valence-corrected chi connectivity index (χ4v) is 2.25. The van der Waals surface area contributed by atoms with Crippen LogP contribution in [0.4, 0.5) is 4.39 Å². The Kier molecular flexibility index (Phi) is 4.34. The minimum absolute atomic E-state index is 0.218. The number of hydrogen-bond donors (Lipinski definition) is 1. The highest BCUT2D eigenvalue weighted by molar-refractivity contribution is 6.31. The van der Waals surface area contributed by atoms with Gasteiger partial charge in [-0.05, 0) is 24.2 Å². The minimum atomic E-state index is -0.219. The van der Waals surface area contributed by atoms with E-state index >= 15 is 0 Å². The first-order valence-corrected chi connectivity index (χ1v) is 6.34. The second-order valence-electron chi connectivity index (χ2n) is 4.03. The van der Waals surface area contributed by atoms with Crippen LogP contribution in [-0.4, -0.2) is 6.54 Å². The molecule has 0 spiro atoms. The zero-order valence-electron chi connectivity index (χ0n) is 10.2. The van der Waals surface area contributed by atoms with Crippen molar-refractivity contribution in [1.82, 2.24) is 5.32 Å². The second kappa shape index (κ2) is 5.98. The second-order valence-corrected chi connectivity index (χ2v) is 4.44. The maximum absolute atomic E-state index is 13.9. The van der Waals surface area contributed by atoms with Crippen LogP contribution < -0.4 is 5.32 Å². The molecular weight excluding hydrogens is 249 g/mol. The lowest BCUT2D eigenvalue weighted by Crippen LogP contribution is -2.23. The number of rotatable bonds is 4. The largest absolute Gasteiger partial charge is 0.306 e. The van der Waals surface area contributed by atoms with Gasteiger partial charge in [0.15, 0.2) is 0 Å². The van der Waals surface area contributed by atoms with Gasteiger partial charge in [-0.25, -0.2) is 4.39 Å². The molecule has 0 aliphatic carbocycles. The van der Waals surface area contributed by atoms with Gasteiger partial charge in [0.1, 0.15) is 5.82 Å². The van der Waals surface area contributed by atoms with Gasteiger partial charge in [-0.15, -0.1) is 0 Å². The van der Waals surface area contributed by atoms with Crippen LogP contribution in [0.5, 0.6) is 0 Å². The molecule has 0 amide bonds. The van der Waals surface area contributed by atoms with Crippen molar-refractivity contribution in [1.29, 1.82) is 0 Å². The molecule has 0 heterocycles. The van der Waals surface area contributed by atoms with Crippen LogP contribution in [0.1, 0.15) is 24.1 Å². The van der Waals surface area contributed by atoms with Crippen LogP contribution in [0.15, 0.2) is 48.5 Å². The van der Waals surface area contributed by atoms with Crippen molar-refractivity contribution in [3.63, 3.8) is 0 Å². The maximum Gasteiger partial charge on any atom is 0.128 e. The third-order valence-corrected chi connectivity index (χ3v) is 3.18. The summed E-state index contributed by atoms with van der Waals surface area (Å²) in [6.07, 6.45) is 0. The Balaban J connectivity index is 2.47. The SMILES string of the molecule is CCNC(c1ccccc1F)c1ccccc1Cl. The van der Waals surface area contributed by atoms with E-state index in [0.29, 0.717) is 10.6 Å². The highest BCUT2D eigenvalue weighted by atomic mass is 35.5. The zero-order chi connectivity index (χ0) is 13.0. The molecule has 0 saturated heterocycles. The number of halogens is 2. The van der Waals surface area contributed by atoms with Crippen LogP contribution in [0.25, 0.3) is 0 Å².